The first-order valence-corrected chi connectivity index (χ1v) is 48.1. The largest absolute Gasteiger partial charge is 0.521 e. The minimum Gasteiger partial charge on any atom is -0.521 e. The number of ketones is 3. The molecule has 6 unspecified atom stereocenters. The van der Waals surface area contributed by atoms with E-state index in [0.717, 1.165) is 151 Å². The standard InChI is InChI=1S/C13H18O4.C13H20O3.C13H18O3.C12H16O4.C12H18O3.C10H15Br.C9H22O2Si2.3CH4.B.H2/c1-17-11(15)10(14)12-3-8-2-9(4-12)6-13(16,5-8)7-12;2*1-16-12(15)11(14)13-5-8-2-9(6-13)4-10(3-8)7-13;13-9(10(14)15)11-2-7-1-8(3-11)5-12(16,4-7)6-11;13-10(11(14)15)12-4-7-1-8(5-12)3-9(2-7)6-12;11-10-4-7-1-8(5-10)3-9(2-7)6-10;1-8-9(10-12(2,3)4)11-13(5,6)7;;;;;/h8-9,16H,2-7H2,1H3;8-11,14H,2-7H2,1H3;8-10H,2-7H2,1H3;7-8,16H,1-6H2,(H,14,15);7-10,13H,1-6H2,(H,14,15);7-9H,1-6H2;8H,1-7H3;3*1H4;;1H/i;;;;;;;;;;;1+1. The number of hydrogen-bond donors (Lipinski definition) is 6. The van der Waals surface area contributed by atoms with Crippen LogP contribution >= 0.6 is 15.9 Å². The summed E-state index contributed by atoms with van der Waals surface area (Å²) in [6.45, 7) is 14.9. The fraction of sp³-hybridized carbons (Fsp3) is 0.882. The van der Waals surface area contributed by atoms with E-state index in [-0.39, 0.29) is 54.1 Å². The first kappa shape index (κ1) is 90.1. The molecule has 108 heavy (non-hydrogen) atoms. The van der Waals surface area contributed by atoms with E-state index in [1.54, 1.807) is 19.3 Å². The average Bonchev–Trinajstić information content (AvgIpc) is 0.729. The summed E-state index contributed by atoms with van der Waals surface area (Å²) >= 11 is 3.96. The van der Waals surface area contributed by atoms with E-state index in [1.165, 1.54) is 98.4 Å². The van der Waals surface area contributed by atoms with Crippen molar-refractivity contribution < 1.29 is 93.5 Å². The molecule has 0 aromatic carbocycles. The van der Waals surface area contributed by atoms with Gasteiger partial charge in [0.15, 0.2) is 12.2 Å². The Morgan fingerprint density at radius 1 is 0.389 bits per heavy atom. The molecule has 0 amide bonds. The van der Waals surface area contributed by atoms with E-state index in [0.29, 0.717) is 89.2 Å². The molecule has 0 spiro atoms. The van der Waals surface area contributed by atoms with Crippen molar-refractivity contribution >= 4 is 88.2 Å². The van der Waals surface area contributed by atoms with Crippen LogP contribution in [0.2, 0.25) is 39.3 Å². The Morgan fingerprint density at radius 2 is 0.639 bits per heavy atom. The lowest BCUT2D eigenvalue weighted by molar-refractivity contribution is -0.183. The lowest BCUT2D eigenvalue weighted by Gasteiger charge is -2.59. The van der Waals surface area contributed by atoms with Gasteiger partial charge in [0.25, 0.3) is 0 Å². The maximum absolute atomic E-state index is 12.2. The van der Waals surface area contributed by atoms with Gasteiger partial charge in [-0.1, -0.05) is 38.2 Å². The number of ether oxygens (including phenoxy) is 3. The second-order valence-corrected chi connectivity index (χ2v) is 51.3. The number of halogens is 1. The summed E-state index contributed by atoms with van der Waals surface area (Å²) < 4.78 is 26.1. The van der Waals surface area contributed by atoms with Crippen molar-refractivity contribution in [3.05, 3.63) is 12.0 Å². The molecule has 6 N–H and O–H groups in total. The van der Waals surface area contributed by atoms with Crippen molar-refractivity contribution in [3.63, 3.8) is 0 Å². The van der Waals surface area contributed by atoms with Gasteiger partial charge in [-0.05, 0) is 378 Å². The third-order valence-corrected chi connectivity index (χ3v) is 32.1. The molecular weight excluding hydrogens is 1470 g/mol. The van der Waals surface area contributed by atoms with Crippen LogP contribution in [-0.2, 0) is 61.4 Å². The Kier molecular flexibility index (Phi) is 28.2. The molecule has 613 valence electrons. The molecular formula is C85H141BBrO19Si2. The number of Topliss-reactive ketones (excluding diaryl/α,β-unsaturated/α-hetero) is 3. The van der Waals surface area contributed by atoms with E-state index in [4.69, 9.17) is 23.8 Å². The Hall–Kier alpha value is -3.48. The normalized spacial score (nSPS) is 42.7. The summed E-state index contributed by atoms with van der Waals surface area (Å²) in [6.07, 6.45) is 38.5. The lowest BCUT2D eigenvalue weighted by atomic mass is 9.47. The Balaban J connectivity index is 0.000000176. The van der Waals surface area contributed by atoms with E-state index in [1.807, 2.05) is 13.0 Å². The Morgan fingerprint density at radius 3 is 0.880 bits per heavy atom. The summed E-state index contributed by atoms with van der Waals surface area (Å²) in [5.74, 6) is 6.54. The van der Waals surface area contributed by atoms with E-state index < -0.39 is 92.3 Å². The van der Waals surface area contributed by atoms with Gasteiger partial charge in [0.1, 0.15) is 0 Å². The van der Waals surface area contributed by atoms with Crippen molar-refractivity contribution in [3.8, 4) is 0 Å². The van der Waals surface area contributed by atoms with Gasteiger partial charge in [0, 0.05) is 41.2 Å². The van der Waals surface area contributed by atoms with Gasteiger partial charge in [-0.15, -0.1) is 0 Å². The molecule has 0 aromatic rings. The summed E-state index contributed by atoms with van der Waals surface area (Å²) in [5.41, 5.74) is -3.55. The zero-order valence-electron chi connectivity index (χ0n) is 64.9. The molecule has 0 heterocycles. The Bertz CT molecular complexity index is 3100. The number of methoxy groups -OCH3 is 3. The van der Waals surface area contributed by atoms with Crippen molar-refractivity contribution in [2.75, 3.05) is 21.3 Å². The Labute approximate surface area is 660 Å². The van der Waals surface area contributed by atoms with Gasteiger partial charge >= 0.3 is 29.8 Å². The molecule has 0 saturated heterocycles. The smallest absolute Gasteiger partial charge is 0.374 e. The zero-order valence-corrected chi connectivity index (χ0v) is 68.5. The highest BCUT2D eigenvalue weighted by Crippen LogP contribution is 2.67. The molecule has 3 radical (unpaired) electrons. The van der Waals surface area contributed by atoms with Crippen LogP contribution < -0.4 is 0 Å². The summed E-state index contributed by atoms with van der Waals surface area (Å²) in [6, 6.07) is 0. The van der Waals surface area contributed by atoms with Crippen LogP contribution in [0.3, 0.4) is 0 Å². The molecule has 24 aliphatic rings. The minimum atomic E-state index is -1.51. The van der Waals surface area contributed by atoms with Crippen molar-refractivity contribution in [2.45, 2.75) is 327 Å². The third-order valence-electron chi connectivity index (χ3n) is 29.5. The van der Waals surface area contributed by atoms with Crippen LogP contribution in [-0.4, -0.2) is 152 Å². The number of allylic oxidation sites excluding steroid dienone is 1. The molecule has 24 fully saturated rings. The van der Waals surface area contributed by atoms with Crippen molar-refractivity contribution in [1.82, 2.24) is 0 Å². The van der Waals surface area contributed by atoms with Gasteiger partial charge in [0.05, 0.1) is 32.5 Å². The summed E-state index contributed by atoms with van der Waals surface area (Å²) in [4.78, 5) is 92.5. The van der Waals surface area contributed by atoms with Gasteiger partial charge in [-0.25, -0.2) is 24.0 Å². The number of alkyl halides is 1. The number of carboxylic acids is 2. The number of aliphatic hydroxyl groups excluding tert-OH is 2. The highest BCUT2D eigenvalue weighted by molar-refractivity contribution is 9.10. The van der Waals surface area contributed by atoms with Crippen LogP contribution in [0, 0.1) is 122 Å². The number of aliphatic carboxylic acids is 2. The van der Waals surface area contributed by atoms with Crippen molar-refractivity contribution in [1.29, 1.82) is 0 Å². The molecule has 24 bridgehead atoms. The molecule has 24 rings (SSSR count). The predicted molar refractivity (Wildman–Crippen MR) is 425 cm³/mol. The quantitative estimate of drug-likeness (QED) is 0.0235. The topological polar surface area (TPSA) is 304 Å². The maximum atomic E-state index is 12.2. The molecule has 0 aliphatic heterocycles. The van der Waals surface area contributed by atoms with Crippen LogP contribution in [0.15, 0.2) is 12.0 Å². The number of hydrogen-bond acceptors (Lipinski definition) is 17. The summed E-state index contributed by atoms with van der Waals surface area (Å²) in [5, 5.41) is 58.8. The van der Waals surface area contributed by atoms with Gasteiger partial charge < -0.3 is 53.7 Å². The second kappa shape index (κ2) is 33.8. The highest BCUT2D eigenvalue weighted by atomic mass is 79.9. The number of carbonyl (C=O) groups is 8. The number of carbonyl (C=O) groups excluding carboxylic acids is 6. The minimum absolute atomic E-state index is 0. The molecule has 23 heteroatoms. The summed E-state index contributed by atoms with van der Waals surface area (Å²) in [7, 11) is 0.895. The monoisotopic (exact) mass is 1610 g/mol. The van der Waals surface area contributed by atoms with E-state index >= 15 is 0 Å². The fourth-order valence-electron chi connectivity index (χ4n) is 28.6. The number of carboxylic acid groups (broad SMARTS) is 2. The van der Waals surface area contributed by atoms with Gasteiger partial charge in [0.2, 0.25) is 39.9 Å². The maximum Gasteiger partial charge on any atom is 0.374 e. The highest BCUT2D eigenvalue weighted by Gasteiger charge is 2.64. The van der Waals surface area contributed by atoms with E-state index in [2.05, 4.69) is 64.7 Å². The van der Waals surface area contributed by atoms with Crippen LogP contribution in [0.5, 0.6) is 0 Å². The molecule has 6 atom stereocenters. The number of rotatable bonds is 14. The first-order chi connectivity index (χ1) is 48.6. The molecule has 0 aromatic heterocycles. The lowest BCUT2D eigenvalue weighted by Crippen LogP contribution is -2.59. The van der Waals surface area contributed by atoms with Gasteiger partial charge in [-0.3, -0.25) is 14.4 Å². The van der Waals surface area contributed by atoms with E-state index in [9.17, 15) is 58.8 Å². The number of aliphatic hydroxyl groups is 4. The predicted octanol–water partition coefficient (Wildman–Crippen LogP) is 16.0. The van der Waals surface area contributed by atoms with Crippen LogP contribution in [0.4, 0.5) is 0 Å². The molecule has 19 nitrogen and oxygen atoms in total. The van der Waals surface area contributed by atoms with Crippen LogP contribution in [0.1, 0.15) is 262 Å². The molecule has 24 aliphatic carbocycles. The van der Waals surface area contributed by atoms with Gasteiger partial charge in [-0.2, -0.15) is 0 Å². The second-order valence-electron chi connectivity index (χ2n) is 40.7. The van der Waals surface area contributed by atoms with Crippen LogP contribution in [0.25, 0.3) is 0 Å². The van der Waals surface area contributed by atoms with Crippen molar-refractivity contribution in [2.24, 2.45) is 122 Å². The third kappa shape index (κ3) is 19.5. The molecule has 24 saturated carbocycles. The zero-order chi connectivity index (χ0) is 75.3. The SMILES string of the molecule is BrC12CC3CC(CC(C3)C1)C2.C.C.C.CC=C(O[Si](C)(C)C)O[Si](C)(C)C.COC(=O)C(=O)C12CC3CC(CC(C3)C1)C2.COC(=O)C(=O)C12CC3CC(CC(O)(C3)C1)C2.COC(=O)C(O)C12CC3CC(CC(C3)C1)C2.O=C(O)C(=O)C12CC3CC(CC(O)(C3)C1)C2.O=C(O)C(O)C12CC3CC(CC(C3)C1)C2.[2HH].[B]. The fourth-order valence-corrected chi connectivity index (χ4v) is 31.6. The number of esters is 3. The first-order valence-electron chi connectivity index (χ1n) is 40.5. The average molecular weight is 1610 g/mol.